The van der Waals surface area contributed by atoms with Gasteiger partial charge >= 0.3 is 0 Å². The molecule has 2 aromatic carbocycles. The fourth-order valence-electron chi connectivity index (χ4n) is 1.97. The number of benzene rings is 2. The van der Waals surface area contributed by atoms with Crippen LogP contribution >= 0.6 is 0 Å². The Morgan fingerprint density at radius 1 is 1.27 bits per heavy atom. The molecule has 1 N–H and O–H groups in total. The van der Waals surface area contributed by atoms with Gasteiger partial charge in [0.25, 0.3) is 0 Å². The van der Waals surface area contributed by atoms with E-state index >= 15 is 0 Å². The molecular weight excluding hydrogens is 279 g/mol. The summed E-state index contributed by atoms with van der Waals surface area (Å²) in [6, 6.07) is 14.9. The minimum Gasteiger partial charge on any atom is -0.346 e. The number of halogens is 1. The van der Waals surface area contributed by atoms with Crippen LogP contribution in [0.2, 0.25) is 0 Å². The highest BCUT2D eigenvalue weighted by atomic mass is 19.1. The lowest BCUT2D eigenvalue weighted by Gasteiger charge is -2.12. The largest absolute Gasteiger partial charge is 0.346 e. The number of hydrogen-bond acceptors (Lipinski definition) is 2. The summed E-state index contributed by atoms with van der Waals surface area (Å²) >= 11 is 0. The first-order chi connectivity index (χ1) is 10.6. The molecule has 0 aliphatic heterocycles. The Morgan fingerprint density at radius 3 is 2.64 bits per heavy atom. The van der Waals surface area contributed by atoms with E-state index in [9.17, 15) is 9.18 Å². The summed E-state index contributed by atoms with van der Waals surface area (Å²) in [4.78, 5) is 11.9. The summed E-state index contributed by atoms with van der Waals surface area (Å²) in [6.45, 7) is 1.86. The molecule has 1 atom stereocenters. The van der Waals surface area contributed by atoms with Gasteiger partial charge in [-0.25, -0.2) is 4.39 Å². The van der Waals surface area contributed by atoms with Gasteiger partial charge in [-0.3, -0.25) is 4.79 Å². The molecule has 4 heteroatoms. The standard InChI is InChI=1S/C18H15FN2O/c1-13(16-8-5-15(12-20)6-9-16)21-18(22)10-7-14-3-2-4-17(19)11-14/h2-11,13H,1H3,(H,21,22)/b10-7+. The summed E-state index contributed by atoms with van der Waals surface area (Å²) in [5, 5.41) is 11.6. The minimum absolute atomic E-state index is 0.183. The third-order valence-corrected chi connectivity index (χ3v) is 3.17. The zero-order chi connectivity index (χ0) is 15.9. The Kier molecular flexibility index (Phi) is 5.05. The second kappa shape index (κ2) is 7.19. The maximum absolute atomic E-state index is 13.0. The average molecular weight is 294 g/mol. The maximum Gasteiger partial charge on any atom is 0.244 e. The van der Waals surface area contributed by atoms with Crippen LogP contribution in [0.4, 0.5) is 4.39 Å². The molecule has 0 radical (unpaired) electrons. The Balaban J connectivity index is 1.97. The number of nitrogens with one attached hydrogen (secondary N) is 1. The number of hydrogen-bond donors (Lipinski definition) is 1. The van der Waals surface area contributed by atoms with Crippen molar-refractivity contribution in [3.8, 4) is 6.07 Å². The highest BCUT2D eigenvalue weighted by Gasteiger charge is 2.07. The van der Waals surface area contributed by atoms with Crippen LogP contribution in [-0.4, -0.2) is 5.91 Å². The van der Waals surface area contributed by atoms with E-state index in [1.807, 2.05) is 13.0 Å². The van der Waals surface area contributed by atoms with E-state index in [-0.39, 0.29) is 17.8 Å². The number of nitriles is 1. The van der Waals surface area contributed by atoms with Gasteiger partial charge in [0.05, 0.1) is 17.7 Å². The highest BCUT2D eigenvalue weighted by molar-refractivity contribution is 5.91. The summed E-state index contributed by atoms with van der Waals surface area (Å²) < 4.78 is 13.0. The first kappa shape index (κ1) is 15.5. The van der Waals surface area contributed by atoms with Crippen molar-refractivity contribution in [3.05, 3.63) is 77.1 Å². The normalized spacial score (nSPS) is 11.9. The van der Waals surface area contributed by atoms with Gasteiger partial charge in [-0.2, -0.15) is 5.26 Å². The van der Waals surface area contributed by atoms with Crippen molar-refractivity contribution in [1.29, 1.82) is 5.26 Å². The van der Waals surface area contributed by atoms with Gasteiger partial charge in [0.1, 0.15) is 5.82 Å². The van der Waals surface area contributed by atoms with Crippen LogP contribution in [0.25, 0.3) is 6.08 Å². The lowest BCUT2D eigenvalue weighted by Crippen LogP contribution is -2.24. The molecule has 1 unspecified atom stereocenters. The highest BCUT2D eigenvalue weighted by Crippen LogP contribution is 2.13. The van der Waals surface area contributed by atoms with E-state index in [1.54, 1.807) is 42.5 Å². The second-order valence-electron chi connectivity index (χ2n) is 4.85. The van der Waals surface area contributed by atoms with Crippen molar-refractivity contribution in [2.45, 2.75) is 13.0 Å². The number of rotatable bonds is 4. The Labute approximate surface area is 128 Å². The Bertz CT molecular complexity index is 729. The van der Waals surface area contributed by atoms with Crippen LogP contribution in [0.3, 0.4) is 0 Å². The molecule has 1 amide bonds. The predicted molar refractivity (Wildman–Crippen MR) is 83.1 cm³/mol. The number of carbonyl (C=O) groups excluding carboxylic acids is 1. The summed E-state index contributed by atoms with van der Waals surface area (Å²) in [5.74, 6) is -0.602. The first-order valence-electron chi connectivity index (χ1n) is 6.82. The average Bonchev–Trinajstić information content (AvgIpc) is 2.53. The fourth-order valence-corrected chi connectivity index (χ4v) is 1.97. The van der Waals surface area contributed by atoms with Crippen LogP contribution in [0.5, 0.6) is 0 Å². The molecule has 2 rings (SSSR count). The molecule has 110 valence electrons. The number of amides is 1. The molecule has 0 saturated heterocycles. The van der Waals surface area contributed by atoms with Crippen LogP contribution < -0.4 is 5.32 Å². The molecule has 0 spiro atoms. The molecule has 0 aliphatic rings. The third-order valence-electron chi connectivity index (χ3n) is 3.17. The Morgan fingerprint density at radius 2 is 2.00 bits per heavy atom. The van der Waals surface area contributed by atoms with E-state index in [4.69, 9.17) is 5.26 Å². The van der Waals surface area contributed by atoms with Gasteiger partial charge in [-0.05, 0) is 48.4 Å². The van der Waals surface area contributed by atoms with Gasteiger partial charge in [0.2, 0.25) is 5.91 Å². The lowest BCUT2D eigenvalue weighted by atomic mass is 10.1. The van der Waals surface area contributed by atoms with Gasteiger partial charge in [-0.15, -0.1) is 0 Å². The van der Waals surface area contributed by atoms with Crippen LogP contribution in [-0.2, 0) is 4.79 Å². The SMILES string of the molecule is CC(NC(=O)/C=C/c1cccc(F)c1)c1ccc(C#N)cc1. The molecule has 0 bridgehead atoms. The van der Waals surface area contributed by atoms with Gasteiger partial charge < -0.3 is 5.32 Å². The van der Waals surface area contributed by atoms with Crippen LogP contribution in [0, 0.1) is 17.1 Å². The van der Waals surface area contributed by atoms with Crippen molar-refractivity contribution in [1.82, 2.24) is 5.32 Å². The summed E-state index contributed by atoms with van der Waals surface area (Å²) in [5.41, 5.74) is 2.11. The van der Waals surface area contributed by atoms with Crippen molar-refractivity contribution in [3.63, 3.8) is 0 Å². The molecule has 0 aliphatic carbocycles. The molecule has 0 aromatic heterocycles. The smallest absolute Gasteiger partial charge is 0.244 e. The Hall–Kier alpha value is -2.93. The van der Waals surface area contributed by atoms with E-state index < -0.39 is 0 Å². The van der Waals surface area contributed by atoms with Gasteiger partial charge in [0, 0.05) is 6.08 Å². The van der Waals surface area contributed by atoms with E-state index in [2.05, 4.69) is 5.32 Å². The molecule has 0 fully saturated rings. The maximum atomic E-state index is 13.0. The van der Waals surface area contributed by atoms with Crippen molar-refractivity contribution in [2.75, 3.05) is 0 Å². The zero-order valence-corrected chi connectivity index (χ0v) is 12.1. The molecule has 2 aromatic rings. The van der Waals surface area contributed by atoms with Crippen LogP contribution in [0.1, 0.15) is 29.7 Å². The van der Waals surface area contributed by atoms with E-state index in [0.717, 1.165) is 5.56 Å². The van der Waals surface area contributed by atoms with Gasteiger partial charge in [0.15, 0.2) is 0 Å². The van der Waals surface area contributed by atoms with Crippen LogP contribution in [0.15, 0.2) is 54.6 Å². The molecule has 0 saturated carbocycles. The van der Waals surface area contributed by atoms with Crippen molar-refractivity contribution < 1.29 is 9.18 Å². The topological polar surface area (TPSA) is 52.9 Å². The van der Waals surface area contributed by atoms with Crippen molar-refractivity contribution in [2.24, 2.45) is 0 Å². The summed E-state index contributed by atoms with van der Waals surface area (Å²) in [7, 11) is 0. The monoisotopic (exact) mass is 294 g/mol. The van der Waals surface area contributed by atoms with E-state index in [1.165, 1.54) is 18.2 Å². The van der Waals surface area contributed by atoms with Crippen molar-refractivity contribution >= 4 is 12.0 Å². The minimum atomic E-state index is -0.339. The quantitative estimate of drug-likeness (QED) is 0.876. The fraction of sp³-hybridized carbons (Fsp3) is 0.111. The molecule has 0 heterocycles. The molecule has 3 nitrogen and oxygen atoms in total. The molecular formula is C18H15FN2O. The van der Waals surface area contributed by atoms with E-state index in [0.29, 0.717) is 11.1 Å². The summed E-state index contributed by atoms with van der Waals surface area (Å²) in [6.07, 6.45) is 2.93. The first-order valence-corrected chi connectivity index (χ1v) is 6.82. The number of nitrogens with zero attached hydrogens (tertiary/aromatic N) is 1. The zero-order valence-electron chi connectivity index (χ0n) is 12.1. The lowest BCUT2D eigenvalue weighted by molar-refractivity contribution is -0.117. The second-order valence-corrected chi connectivity index (χ2v) is 4.85. The predicted octanol–water partition coefficient (Wildman–Crippen LogP) is 3.59. The molecule has 22 heavy (non-hydrogen) atoms. The third kappa shape index (κ3) is 4.29. The number of carbonyl (C=O) groups is 1. The van der Waals surface area contributed by atoms with Gasteiger partial charge in [-0.1, -0.05) is 24.3 Å².